The Morgan fingerprint density at radius 3 is 2.54 bits per heavy atom. The molecule has 9 heteroatoms. The van der Waals surface area contributed by atoms with Crippen LogP contribution in [0.4, 0.5) is 23.2 Å². The van der Waals surface area contributed by atoms with Crippen molar-refractivity contribution in [3.63, 3.8) is 0 Å². The fourth-order valence-corrected chi connectivity index (χ4v) is 3.28. The summed E-state index contributed by atoms with van der Waals surface area (Å²) >= 11 is 1.31. The van der Waals surface area contributed by atoms with Crippen molar-refractivity contribution in [1.82, 2.24) is 9.97 Å². The van der Waals surface area contributed by atoms with Crippen molar-refractivity contribution < 1.29 is 22.4 Å². The lowest BCUT2D eigenvalue weighted by Gasteiger charge is -2.12. The summed E-state index contributed by atoms with van der Waals surface area (Å²) in [5, 5.41) is 2.79. The maximum atomic E-state index is 13.4. The molecule has 0 radical (unpaired) electrons. The summed E-state index contributed by atoms with van der Waals surface area (Å²) in [5.74, 6) is -1.50. The third-order valence-corrected chi connectivity index (χ3v) is 4.75. The van der Waals surface area contributed by atoms with Crippen LogP contribution in [-0.2, 0) is 11.9 Å². The first-order valence-electron chi connectivity index (χ1n) is 7.99. The lowest BCUT2D eigenvalue weighted by Crippen LogP contribution is -2.15. The van der Waals surface area contributed by atoms with E-state index in [1.165, 1.54) is 24.0 Å². The summed E-state index contributed by atoms with van der Waals surface area (Å²) in [4.78, 5) is 20.6. The zero-order chi connectivity index (χ0) is 20.1. The molecule has 0 spiro atoms. The summed E-state index contributed by atoms with van der Waals surface area (Å²) in [5.41, 5.74) is -0.416. The van der Waals surface area contributed by atoms with Gasteiger partial charge in [-0.1, -0.05) is 0 Å². The number of halogens is 4. The van der Waals surface area contributed by atoms with E-state index in [-0.39, 0.29) is 11.3 Å². The Bertz CT molecular complexity index is 980. The van der Waals surface area contributed by atoms with Crippen molar-refractivity contribution in [2.45, 2.75) is 17.0 Å². The quantitative estimate of drug-likeness (QED) is 0.468. The van der Waals surface area contributed by atoms with Gasteiger partial charge in [0, 0.05) is 30.0 Å². The number of nitrogens with zero attached hydrogens (tertiary/aromatic N) is 2. The van der Waals surface area contributed by atoms with E-state index in [1.807, 2.05) is 12.1 Å². The molecule has 28 heavy (non-hydrogen) atoms. The highest BCUT2D eigenvalue weighted by Gasteiger charge is 2.34. The number of pyridine rings is 2. The normalized spacial score (nSPS) is 11.3. The van der Waals surface area contributed by atoms with Gasteiger partial charge in [-0.2, -0.15) is 13.2 Å². The number of aromatic nitrogens is 2. The van der Waals surface area contributed by atoms with Crippen LogP contribution in [0, 0.1) is 5.82 Å². The zero-order valence-corrected chi connectivity index (χ0v) is 15.0. The molecule has 1 amide bonds. The number of carbonyl (C=O) groups is 1. The second kappa shape index (κ2) is 8.39. The van der Waals surface area contributed by atoms with Crippen molar-refractivity contribution in [2.24, 2.45) is 0 Å². The summed E-state index contributed by atoms with van der Waals surface area (Å²) < 4.78 is 51.9. The lowest BCUT2D eigenvalue weighted by molar-refractivity contribution is -0.139. The highest BCUT2D eigenvalue weighted by atomic mass is 32.2. The molecule has 144 valence electrons. The van der Waals surface area contributed by atoms with E-state index < -0.39 is 23.5 Å². The molecular formula is C19H13F4N3OS. The van der Waals surface area contributed by atoms with Gasteiger partial charge < -0.3 is 5.32 Å². The molecule has 2 heterocycles. The summed E-state index contributed by atoms with van der Waals surface area (Å²) in [6.07, 6.45) is -0.0423. The van der Waals surface area contributed by atoms with Gasteiger partial charge in [-0.15, -0.1) is 11.8 Å². The second-order valence-corrected chi connectivity index (χ2v) is 6.61. The Balaban J connectivity index is 1.78. The molecule has 0 unspecified atom stereocenters. The number of amides is 1. The molecule has 0 fully saturated rings. The first-order valence-corrected chi connectivity index (χ1v) is 8.98. The Hall–Kier alpha value is -2.94. The van der Waals surface area contributed by atoms with Gasteiger partial charge in [-0.05, 0) is 48.0 Å². The molecule has 0 aliphatic heterocycles. The monoisotopic (exact) mass is 407 g/mol. The maximum absolute atomic E-state index is 13.4. The van der Waals surface area contributed by atoms with Crippen LogP contribution in [0.2, 0.25) is 0 Å². The Morgan fingerprint density at radius 1 is 1.07 bits per heavy atom. The van der Waals surface area contributed by atoms with E-state index in [4.69, 9.17) is 0 Å². The molecule has 0 aliphatic carbocycles. The minimum atomic E-state index is -4.86. The van der Waals surface area contributed by atoms with Crippen LogP contribution in [0.5, 0.6) is 0 Å². The van der Waals surface area contributed by atoms with E-state index in [9.17, 15) is 22.4 Å². The minimum absolute atomic E-state index is 0.160. The second-order valence-electron chi connectivity index (χ2n) is 5.65. The molecule has 0 atom stereocenters. The maximum Gasteiger partial charge on any atom is 0.419 e. The van der Waals surface area contributed by atoms with Crippen LogP contribution in [0.3, 0.4) is 0 Å². The molecule has 0 saturated heterocycles. The fraction of sp³-hybridized carbons (Fsp3) is 0.105. The van der Waals surface area contributed by atoms with E-state index in [0.717, 1.165) is 11.6 Å². The van der Waals surface area contributed by atoms with Crippen LogP contribution < -0.4 is 5.32 Å². The molecule has 1 aromatic carbocycles. The molecule has 0 aliphatic rings. The standard InChI is InChI=1S/C19H13F4N3OS/c20-16-4-3-13(10-15(16)19(21,22)23)26-17(27)14-2-1-7-25-18(14)28-11-12-5-8-24-9-6-12/h1-10H,11H2,(H,26,27). The average molecular weight is 407 g/mol. The lowest BCUT2D eigenvalue weighted by atomic mass is 10.1. The van der Waals surface area contributed by atoms with Gasteiger partial charge in [0.1, 0.15) is 10.8 Å². The predicted octanol–water partition coefficient (Wildman–Crippen LogP) is 5.18. The van der Waals surface area contributed by atoms with Crippen LogP contribution in [0.1, 0.15) is 21.5 Å². The van der Waals surface area contributed by atoms with Crippen molar-refractivity contribution in [2.75, 3.05) is 5.32 Å². The largest absolute Gasteiger partial charge is 0.419 e. The topological polar surface area (TPSA) is 54.9 Å². The number of nitrogens with one attached hydrogen (secondary N) is 1. The molecule has 0 bridgehead atoms. The van der Waals surface area contributed by atoms with Crippen molar-refractivity contribution in [1.29, 1.82) is 0 Å². The van der Waals surface area contributed by atoms with Crippen LogP contribution in [0.25, 0.3) is 0 Å². The summed E-state index contributed by atoms with van der Waals surface area (Å²) in [6, 6.07) is 9.03. The highest BCUT2D eigenvalue weighted by Crippen LogP contribution is 2.33. The minimum Gasteiger partial charge on any atom is -0.322 e. The van der Waals surface area contributed by atoms with Crippen molar-refractivity contribution in [3.05, 3.63) is 83.6 Å². The number of benzene rings is 1. The summed E-state index contributed by atoms with van der Waals surface area (Å²) in [7, 11) is 0. The smallest absolute Gasteiger partial charge is 0.322 e. The van der Waals surface area contributed by atoms with Gasteiger partial charge in [-0.25, -0.2) is 9.37 Å². The van der Waals surface area contributed by atoms with E-state index in [0.29, 0.717) is 22.9 Å². The van der Waals surface area contributed by atoms with Crippen molar-refractivity contribution >= 4 is 23.4 Å². The van der Waals surface area contributed by atoms with Crippen LogP contribution in [-0.4, -0.2) is 15.9 Å². The first kappa shape index (κ1) is 19.8. The highest BCUT2D eigenvalue weighted by molar-refractivity contribution is 7.98. The van der Waals surface area contributed by atoms with Crippen molar-refractivity contribution in [3.8, 4) is 0 Å². The number of anilines is 1. The Morgan fingerprint density at radius 2 is 1.82 bits per heavy atom. The predicted molar refractivity (Wildman–Crippen MR) is 97.4 cm³/mol. The zero-order valence-electron chi connectivity index (χ0n) is 14.2. The third-order valence-electron chi connectivity index (χ3n) is 3.67. The van der Waals surface area contributed by atoms with E-state index in [2.05, 4.69) is 15.3 Å². The van der Waals surface area contributed by atoms with Gasteiger partial charge >= 0.3 is 6.18 Å². The molecule has 3 rings (SSSR count). The number of carbonyl (C=O) groups excluding carboxylic acids is 1. The fourth-order valence-electron chi connectivity index (χ4n) is 2.33. The van der Waals surface area contributed by atoms with Crippen LogP contribution in [0.15, 0.2) is 66.1 Å². The number of rotatable bonds is 5. The number of alkyl halides is 3. The van der Waals surface area contributed by atoms with Gasteiger partial charge in [0.05, 0.1) is 11.1 Å². The van der Waals surface area contributed by atoms with Gasteiger partial charge in [0.25, 0.3) is 5.91 Å². The molecule has 0 saturated carbocycles. The van der Waals surface area contributed by atoms with Crippen LogP contribution >= 0.6 is 11.8 Å². The molecule has 2 aromatic heterocycles. The average Bonchev–Trinajstić information content (AvgIpc) is 2.68. The molecule has 4 nitrogen and oxygen atoms in total. The molecule has 3 aromatic rings. The molecular weight excluding hydrogens is 394 g/mol. The summed E-state index contributed by atoms with van der Waals surface area (Å²) in [6.45, 7) is 0. The first-order chi connectivity index (χ1) is 13.3. The van der Waals surface area contributed by atoms with E-state index >= 15 is 0 Å². The third kappa shape index (κ3) is 4.86. The van der Waals surface area contributed by atoms with Gasteiger partial charge in [0.2, 0.25) is 0 Å². The SMILES string of the molecule is O=C(Nc1ccc(F)c(C(F)(F)F)c1)c1cccnc1SCc1ccncc1. The number of hydrogen-bond donors (Lipinski definition) is 1. The number of thioether (sulfide) groups is 1. The van der Waals surface area contributed by atoms with Gasteiger partial charge in [-0.3, -0.25) is 9.78 Å². The van der Waals surface area contributed by atoms with E-state index in [1.54, 1.807) is 18.5 Å². The Kier molecular flexibility index (Phi) is 5.93. The molecule has 1 N–H and O–H groups in total. The number of hydrogen-bond acceptors (Lipinski definition) is 4. The van der Waals surface area contributed by atoms with Gasteiger partial charge in [0.15, 0.2) is 0 Å². The Labute approximate surface area is 162 Å².